The van der Waals surface area contributed by atoms with Crippen molar-refractivity contribution in [2.75, 3.05) is 6.61 Å². The summed E-state index contributed by atoms with van der Waals surface area (Å²) in [6, 6.07) is -1.87. The second kappa shape index (κ2) is 15.3. The molecule has 9 nitrogen and oxygen atoms in total. The van der Waals surface area contributed by atoms with Crippen molar-refractivity contribution in [1.82, 2.24) is 16.0 Å². The van der Waals surface area contributed by atoms with Crippen LogP contribution in [0.3, 0.4) is 0 Å². The lowest BCUT2D eigenvalue weighted by Gasteiger charge is -2.33. The molecule has 0 spiro atoms. The van der Waals surface area contributed by atoms with Gasteiger partial charge in [-0.2, -0.15) is 0 Å². The molecule has 0 aliphatic carbocycles. The monoisotopic (exact) mass is 493 g/mol. The van der Waals surface area contributed by atoms with Crippen molar-refractivity contribution in [2.24, 2.45) is 17.8 Å². The number of hydrogen-bond acceptors (Lipinski definition) is 6. The van der Waals surface area contributed by atoms with Gasteiger partial charge in [-0.25, -0.2) is 4.79 Å². The number of rotatable bonds is 9. The maximum atomic E-state index is 13.3. The molecule has 9 heteroatoms. The first-order chi connectivity index (χ1) is 16.5. The number of esters is 1. The van der Waals surface area contributed by atoms with Gasteiger partial charge in [0, 0.05) is 18.4 Å². The van der Waals surface area contributed by atoms with Gasteiger partial charge >= 0.3 is 5.97 Å². The Bertz CT molecular complexity index is 779. The molecular formula is C26H43N3O6. The summed E-state index contributed by atoms with van der Waals surface area (Å²) in [6.07, 6.45) is 6.64. The van der Waals surface area contributed by atoms with E-state index in [1.54, 1.807) is 13.8 Å². The topological polar surface area (TPSA) is 134 Å². The Morgan fingerprint density at radius 1 is 1.03 bits per heavy atom. The highest BCUT2D eigenvalue weighted by Crippen LogP contribution is 2.27. The Kier molecular flexibility index (Phi) is 13.3. The van der Waals surface area contributed by atoms with E-state index in [2.05, 4.69) is 29.5 Å². The fourth-order valence-corrected chi connectivity index (χ4v) is 4.02. The second-order valence-corrected chi connectivity index (χ2v) is 9.66. The molecule has 0 radical (unpaired) electrons. The molecule has 0 aromatic carbocycles. The van der Waals surface area contributed by atoms with E-state index in [-0.39, 0.29) is 30.6 Å². The zero-order valence-corrected chi connectivity index (χ0v) is 21.8. The number of amides is 3. The maximum Gasteiger partial charge on any atom is 0.329 e. The van der Waals surface area contributed by atoms with Crippen molar-refractivity contribution in [3.8, 4) is 0 Å². The van der Waals surface area contributed by atoms with E-state index < -0.39 is 47.8 Å². The average Bonchev–Trinajstić information content (AvgIpc) is 2.79. The van der Waals surface area contributed by atoms with Crippen molar-refractivity contribution in [3.05, 3.63) is 24.4 Å². The molecule has 198 valence electrons. The molecule has 0 fully saturated rings. The van der Waals surface area contributed by atoms with Crippen LogP contribution in [0.15, 0.2) is 24.4 Å². The predicted octanol–water partition coefficient (Wildman–Crippen LogP) is 2.35. The fourth-order valence-electron chi connectivity index (χ4n) is 4.02. The second-order valence-electron chi connectivity index (χ2n) is 9.66. The molecule has 3 amide bonds. The predicted molar refractivity (Wildman–Crippen MR) is 134 cm³/mol. The third-order valence-corrected chi connectivity index (χ3v) is 6.19. The summed E-state index contributed by atoms with van der Waals surface area (Å²) < 4.78 is 5.93. The van der Waals surface area contributed by atoms with Gasteiger partial charge in [0.05, 0.1) is 5.92 Å². The summed E-state index contributed by atoms with van der Waals surface area (Å²) in [6.45, 7) is 12.6. The summed E-state index contributed by atoms with van der Waals surface area (Å²) in [5, 5.41) is 17.5. The van der Waals surface area contributed by atoms with Crippen LogP contribution in [0.5, 0.6) is 0 Å². The molecule has 4 N–H and O–H groups in total. The quantitative estimate of drug-likeness (QED) is 0.288. The molecule has 1 heterocycles. The number of allylic oxidation sites excluding steroid dienone is 1. The van der Waals surface area contributed by atoms with Crippen LogP contribution in [0.4, 0.5) is 0 Å². The van der Waals surface area contributed by atoms with Crippen LogP contribution < -0.4 is 16.0 Å². The summed E-state index contributed by atoms with van der Waals surface area (Å²) in [4.78, 5) is 51.3. The summed E-state index contributed by atoms with van der Waals surface area (Å²) in [5.74, 6) is -3.48. The van der Waals surface area contributed by atoms with E-state index in [4.69, 9.17) is 4.74 Å². The number of hydrogen-bond donors (Lipinski definition) is 4. The third-order valence-electron chi connectivity index (χ3n) is 6.19. The van der Waals surface area contributed by atoms with Gasteiger partial charge in [0.15, 0.2) is 0 Å². The Morgan fingerprint density at radius 3 is 2.31 bits per heavy atom. The van der Waals surface area contributed by atoms with Crippen molar-refractivity contribution in [3.63, 3.8) is 0 Å². The van der Waals surface area contributed by atoms with Gasteiger partial charge < -0.3 is 25.8 Å². The van der Waals surface area contributed by atoms with E-state index in [1.165, 1.54) is 19.1 Å². The lowest BCUT2D eigenvalue weighted by atomic mass is 9.85. The Balaban J connectivity index is 3.37. The molecule has 0 bridgehead atoms. The van der Waals surface area contributed by atoms with Crippen LogP contribution >= 0.6 is 0 Å². The summed E-state index contributed by atoms with van der Waals surface area (Å²) in [5.41, 5.74) is 0.167. The van der Waals surface area contributed by atoms with Crippen LogP contribution in [0.2, 0.25) is 0 Å². The third kappa shape index (κ3) is 10.2. The first-order valence-electron chi connectivity index (χ1n) is 12.6. The normalized spacial score (nSPS) is 26.7. The van der Waals surface area contributed by atoms with Crippen molar-refractivity contribution >= 4 is 23.7 Å². The van der Waals surface area contributed by atoms with Gasteiger partial charge in [-0.3, -0.25) is 14.4 Å². The molecule has 0 saturated carbocycles. The van der Waals surface area contributed by atoms with Crippen molar-refractivity contribution in [1.29, 1.82) is 0 Å². The number of nitrogens with one attached hydrogen (secondary N) is 3. The molecule has 0 aromatic rings. The van der Waals surface area contributed by atoms with E-state index in [1.807, 2.05) is 6.92 Å². The smallest absolute Gasteiger partial charge is 0.329 e. The largest absolute Gasteiger partial charge is 0.460 e. The van der Waals surface area contributed by atoms with Crippen LogP contribution in [-0.2, 0) is 23.9 Å². The molecule has 3 unspecified atom stereocenters. The van der Waals surface area contributed by atoms with Gasteiger partial charge in [0.2, 0.25) is 17.7 Å². The highest BCUT2D eigenvalue weighted by atomic mass is 16.5. The average molecular weight is 494 g/mol. The SMILES string of the molecule is C=C1/C=C/C(=O)N[C@@H](C)C(=O)N[C@H](C(C)C)C(=O)OC(C(C)CCCCCC)C(CCO)C(=O)N1. The standard InChI is InChI=1S/C26H43N3O6/c1-7-8-9-10-11-17(4)23-20(14-15-30)25(33)27-18(5)12-13-21(31)28-19(6)24(32)29-22(16(2)3)26(34)35-23/h12-13,16-17,19-20,22-23,30H,5,7-11,14-15H2,1-4,6H3,(H,27,33)(H,28,31)(H,29,32)/b13-12+/t17?,19-,20?,22+,23?/m0/s1. The Labute approximate surface area is 209 Å². The summed E-state index contributed by atoms with van der Waals surface area (Å²) >= 11 is 0. The number of carbonyl (C=O) groups is 4. The van der Waals surface area contributed by atoms with Crippen molar-refractivity contribution < 1.29 is 29.0 Å². The first-order valence-corrected chi connectivity index (χ1v) is 12.6. The minimum atomic E-state index is -0.967. The minimum absolute atomic E-state index is 0.0797. The van der Waals surface area contributed by atoms with Crippen LogP contribution in [-0.4, -0.2) is 53.6 Å². The highest BCUT2D eigenvalue weighted by molar-refractivity contribution is 5.94. The molecule has 1 rings (SSSR count). The maximum absolute atomic E-state index is 13.3. The minimum Gasteiger partial charge on any atom is -0.460 e. The van der Waals surface area contributed by atoms with Crippen molar-refractivity contribution in [2.45, 2.75) is 91.3 Å². The fraction of sp³-hybridized carbons (Fsp3) is 0.692. The van der Waals surface area contributed by atoms with Crippen LogP contribution in [0, 0.1) is 17.8 Å². The molecule has 1 aliphatic heterocycles. The molecule has 35 heavy (non-hydrogen) atoms. The zero-order valence-electron chi connectivity index (χ0n) is 21.8. The number of carbonyl (C=O) groups excluding carboxylic acids is 4. The molecule has 0 saturated heterocycles. The van der Waals surface area contributed by atoms with Gasteiger partial charge in [-0.15, -0.1) is 0 Å². The lowest BCUT2D eigenvalue weighted by Crippen LogP contribution is -2.53. The number of ether oxygens (including phenoxy) is 1. The van der Waals surface area contributed by atoms with Gasteiger partial charge in [-0.05, 0) is 37.7 Å². The Hall–Kier alpha value is -2.68. The van der Waals surface area contributed by atoms with E-state index in [9.17, 15) is 24.3 Å². The first kappa shape index (κ1) is 30.4. The lowest BCUT2D eigenvalue weighted by molar-refractivity contribution is -0.162. The van der Waals surface area contributed by atoms with Gasteiger partial charge in [0.1, 0.15) is 18.2 Å². The number of aliphatic hydroxyl groups excluding tert-OH is 1. The van der Waals surface area contributed by atoms with Crippen LogP contribution in [0.1, 0.15) is 73.1 Å². The number of aliphatic hydroxyl groups is 1. The number of unbranched alkanes of at least 4 members (excludes halogenated alkanes) is 3. The van der Waals surface area contributed by atoms with E-state index >= 15 is 0 Å². The molecule has 1 aliphatic rings. The van der Waals surface area contributed by atoms with Gasteiger partial charge in [0.25, 0.3) is 0 Å². The van der Waals surface area contributed by atoms with Crippen LogP contribution in [0.25, 0.3) is 0 Å². The molecule has 0 aromatic heterocycles. The molecule has 5 atom stereocenters. The summed E-state index contributed by atoms with van der Waals surface area (Å²) in [7, 11) is 0. The van der Waals surface area contributed by atoms with E-state index in [0.29, 0.717) is 0 Å². The van der Waals surface area contributed by atoms with E-state index in [0.717, 1.165) is 32.1 Å². The Morgan fingerprint density at radius 2 is 1.71 bits per heavy atom. The zero-order chi connectivity index (χ0) is 26.5. The highest BCUT2D eigenvalue weighted by Gasteiger charge is 2.38. The molecular weight excluding hydrogens is 450 g/mol. The van der Waals surface area contributed by atoms with Gasteiger partial charge in [-0.1, -0.05) is 60.0 Å². The number of cyclic esters (lactones) is 1.